The summed E-state index contributed by atoms with van der Waals surface area (Å²) in [5, 5.41) is 9.10. The molecule has 2 unspecified atom stereocenters. The van der Waals surface area contributed by atoms with E-state index in [0.717, 1.165) is 37.8 Å². The third-order valence-corrected chi connectivity index (χ3v) is 5.13. The number of piperidine rings is 1. The number of likely N-dealkylation sites (tertiary alicyclic amines) is 1. The first kappa shape index (κ1) is 11.5. The van der Waals surface area contributed by atoms with Crippen LogP contribution >= 0.6 is 0 Å². The molecule has 0 aromatic heterocycles. The molecule has 2 atom stereocenters. The van der Waals surface area contributed by atoms with E-state index in [4.69, 9.17) is 5.11 Å². The van der Waals surface area contributed by atoms with Crippen LogP contribution in [0.4, 0.5) is 0 Å². The fraction of sp³-hybridized carbons (Fsp3) is 0.929. The maximum absolute atomic E-state index is 12.4. The lowest BCUT2D eigenvalue weighted by molar-refractivity contribution is -0.134. The van der Waals surface area contributed by atoms with E-state index in [9.17, 15) is 4.79 Å². The number of carbonyl (C=O) groups is 1. The minimum absolute atomic E-state index is 0.288. The summed E-state index contributed by atoms with van der Waals surface area (Å²) >= 11 is 0. The Morgan fingerprint density at radius 3 is 2.18 bits per heavy atom. The molecule has 0 radical (unpaired) electrons. The molecule has 0 spiro atoms. The van der Waals surface area contributed by atoms with Crippen LogP contribution < -0.4 is 0 Å². The van der Waals surface area contributed by atoms with E-state index in [1.54, 1.807) is 0 Å². The van der Waals surface area contributed by atoms with Gasteiger partial charge in [0.2, 0.25) is 5.91 Å². The third kappa shape index (κ3) is 2.10. The molecule has 0 aromatic rings. The van der Waals surface area contributed by atoms with Gasteiger partial charge in [-0.3, -0.25) is 4.79 Å². The predicted octanol–water partition coefficient (Wildman–Crippen LogP) is 1.65. The van der Waals surface area contributed by atoms with Gasteiger partial charge in [0, 0.05) is 25.6 Å². The number of amides is 1. The van der Waals surface area contributed by atoms with E-state index >= 15 is 0 Å². The molecule has 96 valence electrons. The zero-order valence-electron chi connectivity index (χ0n) is 10.5. The fourth-order valence-corrected chi connectivity index (χ4v) is 3.91. The van der Waals surface area contributed by atoms with Crippen molar-refractivity contribution in [1.82, 2.24) is 4.90 Å². The average Bonchev–Trinajstić information content (AvgIpc) is 3.12. The van der Waals surface area contributed by atoms with Crippen LogP contribution in [0.5, 0.6) is 0 Å². The van der Waals surface area contributed by atoms with Crippen LogP contribution in [0.2, 0.25) is 0 Å². The monoisotopic (exact) mass is 237 g/mol. The van der Waals surface area contributed by atoms with E-state index in [1.807, 2.05) is 0 Å². The molecule has 0 bridgehead atoms. The Balaban J connectivity index is 1.54. The van der Waals surface area contributed by atoms with Crippen LogP contribution in [0.3, 0.4) is 0 Å². The first-order valence-corrected chi connectivity index (χ1v) is 7.21. The number of rotatable bonds is 2. The van der Waals surface area contributed by atoms with E-state index in [1.165, 1.54) is 25.7 Å². The first-order chi connectivity index (χ1) is 8.31. The summed E-state index contributed by atoms with van der Waals surface area (Å²) in [6.45, 7) is 2.04. The molecular weight excluding hydrogens is 214 g/mol. The summed E-state index contributed by atoms with van der Waals surface area (Å²) in [4.78, 5) is 14.4. The van der Waals surface area contributed by atoms with Gasteiger partial charge in [-0.2, -0.15) is 0 Å². The summed E-state index contributed by atoms with van der Waals surface area (Å²) < 4.78 is 0. The van der Waals surface area contributed by atoms with E-state index in [-0.39, 0.29) is 6.61 Å². The normalized spacial score (nSPS) is 37.7. The maximum atomic E-state index is 12.4. The molecule has 3 aliphatic rings. The quantitative estimate of drug-likeness (QED) is 0.793. The highest BCUT2D eigenvalue weighted by atomic mass is 16.3. The van der Waals surface area contributed by atoms with E-state index in [0.29, 0.717) is 17.7 Å². The molecule has 1 aliphatic heterocycles. The number of hydrogen-bond acceptors (Lipinski definition) is 2. The van der Waals surface area contributed by atoms with Crippen molar-refractivity contribution >= 4 is 5.91 Å². The Bertz CT molecular complexity index is 285. The Morgan fingerprint density at radius 2 is 1.65 bits per heavy atom. The average molecular weight is 237 g/mol. The molecule has 3 fully saturated rings. The van der Waals surface area contributed by atoms with Crippen molar-refractivity contribution in [1.29, 1.82) is 0 Å². The zero-order chi connectivity index (χ0) is 11.8. The van der Waals surface area contributed by atoms with Gasteiger partial charge >= 0.3 is 0 Å². The summed E-state index contributed by atoms with van der Waals surface area (Å²) in [5.41, 5.74) is 0. The Morgan fingerprint density at radius 1 is 1.06 bits per heavy atom. The number of nitrogens with zero attached hydrogens (tertiary/aromatic N) is 1. The van der Waals surface area contributed by atoms with E-state index in [2.05, 4.69) is 4.90 Å². The molecule has 0 aromatic carbocycles. The number of carbonyl (C=O) groups excluding carboxylic acids is 1. The van der Waals surface area contributed by atoms with Crippen molar-refractivity contribution in [2.75, 3.05) is 19.7 Å². The topological polar surface area (TPSA) is 40.5 Å². The lowest BCUT2D eigenvalue weighted by Crippen LogP contribution is -2.40. The van der Waals surface area contributed by atoms with Gasteiger partial charge < -0.3 is 10.0 Å². The second kappa shape index (κ2) is 4.60. The molecule has 1 saturated heterocycles. The molecule has 17 heavy (non-hydrogen) atoms. The van der Waals surface area contributed by atoms with Crippen LogP contribution in [-0.2, 0) is 4.79 Å². The maximum Gasteiger partial charge on any atom is 0.226 e. The van der Waals surface area contributed by atoms with Crippen LogP contribution in [0.25, 0.3) is 0 Å². The van der Waals surface area contributed by atoms with Crippen molar-refractivity contribution < 1.29 is 9.90 Å². The lowest BCUT2D eigenvalue weighted by atomic mass is 9.97. The van der Waals surface area contributed by atoms with Crippen molar-refractivity contribution in [3.8, 4) is 0 Å². The second-order valence-electron chi connectivity index (χ2n) is 6.09. The molecule has 3 heteroatoms. The number of hydrogen-bond donors (Lipinski definition) is 1. The van der Waals surface area contributed by atoms with Gasteiger partial charge in [0.1, 0.15) is 0 Å². The Kier molecular flexibility index (Phi) is 3.12. The lowest BCUT2D eigenvalue weighted by Gasteiger charge is -2.31. The largest absolute Gasteiger partial charge is 0.396 e. The number of fused-ring (bicyclic) bond motifs is 1. The number of aliphatic hydroxyl groups is 1. The van der Waals surface area contributed by atoms with Gasteiger partial charge in [-0.05, 0) is 43.4 Å². The van der Waals surface area contributed by atoms with Crippen LogP contribution in [0.1, 0.15) is 38.5 Å². The molecular formula is C14H23NO2. The van der Waals surface area contributed by atoms with Crippen molar-refractivity contribution in [3.63, 3.8) is 0 Å². The molecule has 2 aliphatic carbocycles. The minimum Gasteiger partial charge on any atom is -0.396 e. The molecule has 3 rings (SSSR count). The summed E-state index contributed by atoms with van der Waals surface area (Å²) in [7, 11) is 0. The highest BCUT2D eigenvalue weighted by molar-refractivity contribution is 5.82. The smallest absolute Gasteiger partial charge is 0.226 e. The summed E-state index contributed by atoms with van der Waals surface area (Å²) in [6, 6.07) is 0. The molecule has 3 nitrogen and oxygen atoms in total. The van der Waals surface area contributed by atoms with Crippen LogP contribution in [-0.4, -0.2) is 35.6 Å². The van der Waals surface area contributed by atoms with E-state index < -0.39 is 0 Å². The van der Waals surface area contributed by atoms with Gasteiger partial charge in [-0.1, -0.05) is 12.8 Å². The predicted molar refractivity (Wildman–Crippen MR) is 65.3 cm³/mol. The number of aliphatic hydroxyl groups excluding tert-OH is 1. The van der Waals surface area contributed by atoms with Gasteiger partial charge in [0.25, 0.3) is 0 Å². The fourth-order valence-electron chi connectivity index (χ4n) is 3.91. The van der Waals surface area contributed by atoms with Crippen molar-refractivity contribution in [3.05, 3.63) is 0 Å². The Hall–Kier alpha value is -0.570. The molecule has 1 N–H and O–H groups in total. The van der Waals surface area contributed by atoms with Crippen LogP contribution in [0.15, 0.2) is 0 Å². The molecule has 1 heterocycles. The SMILES string of the molecule is O=C(C1C2CCCCC21)N1CCC(CO)CC1. The highest BCUT2D eigenvalue weighted by Crippen LogP contribution is 2.56. The van der Waals surface area contributed by atoms with Crippen LogP contribution in [0, 0.1) is 23.7 Å². The van der Waals surface area contributed by atoms with Gasteiger partial charge in [0.15, 0.2) is 0 Å². The minimum atomic E-state index is 0.288. The summed E-state index contributed by atoms with van der Waals surface area (Å²) in [5.74, 6) is 2.70. The second-order valence-corrected chi connectivity index (χ2v) is 6.09. The van der Waals surface area contributed by atoms with Crippen molar-refractivity contribution in [2.24, 2.45) is 23.7 Å². The zero-order valence-corrected chi connectivity index (χ0v) is 10.5. The van der Waals surface area contributed by atoms with Gasteiger partial charge in [-0.15, -0.1) is 0 Å². The van der Waals surface area contributed by atoms with Crippen molar-refractivity contribution in [2.45, 2.75) is 38.5 Å². The first-order valence-electron chi connectivity index (χ1n) is 7.21. The molecule has 1 amide bonds. The highest BCUT2D eigenvalue weighted by Gasteiger charge is 2.55. The Labute approximate surface area is 103 Å². The third-order valence-electron chi connectivity index (χ3n) is 5.13. The summed E-state index contributed by atoms with van der Waals surface area (Å²) in [6.07, 6.45) is 7.21. The van der Waals surface area contributed by atoms with Gasteiger partial charge in [-0.25, -0.2) is 0 Å². The standard InChI is InChI=1S/C14H23NO2/c16-9-10-5-7-15(8-6-10)14(17)13-11-3-1-2-4-12(11)13/h10-13,16H,1-9H2. The van der Waals surface area contributed by atoms with Gasteiger partial charge in [0.05, 0.1) is 0 Å². The molecule has 2 saturated carbocycles.